The normalized spacial score (nSPS) is 17.9. The van der Waals surface area contributed by atoms with Crippen LogP contribution in [0.4, 0.5) is 5.69 Å². The summed E-state index contributed by atoms with van der Waals surface area (Å²) in [6.07, 6.45) is 0. The van der Waals surface area contributed by atoms with Crippen LogP contribution < -0.4 is 16.0 Å². The van der Waals surface area contributed by atoms with E-state index in [-0.39, 0.29) is 5.78 Å². The van der Waals surface area contributed by atoms with E-state index >= 15 is 0 Å². The van der Waals surface area contributed by atoms with Crippen LogP contribution >= 0.6 is 0 Å². The SMILES string of the molecule is CC(N)C(=O)c1ccc(N2CCNCC2)cc1. The van der Waals surface area contributed by atoms with Gasteiger partial charge in [0.2, 0.25) is 0 Å². The van der Waals surface area contributed by atoms with Gasteiger partial charge in [0.15, 0.2) is 5.78 Å². The molecule has 1 atom stereocenters. The first-order valence-electron chi connectivity index (χ1n) is 6.04. The second-order valence-electron chi connectivity index (χ2n) is 4.44. The predicted octanol–water partition coefficient (Wildman–Crippen LogP) is 0.626. The molecule has 1 aromatic carbocycles. The first kappa shape index (κ1) is 12.1. The van der Waals surface area contributed by atoms with Crippen LogP contribution in [0.25, 0.3) is 0 Å². The van der Waals surface area contributed by atoms with E-state index in [2.05, 4.69) is 10.2 Å². The van der Waals surface area contributed by atoms with E-state index in [1.807, 2.05) is 24.3 Å². The van der Waals surface area contributed by atoms with Crippen LogP contribution in [-0.4, -0.2) is 38.0 Å². The molecule has 17 heavy (non-hydrogen) atoms. The van der Waals surface area contributed by atoms with Crippen LogP contribution in [0.5, 0.6) is 0 Å². The van der Waals surface area contributed by atoms with E-state index in [0.29, 0.717) is 5.56 Å². The minimum Gasteiger partial charge on any atom is -0.369 e. The van der Waals surface area contributed by atoms with E-state index < -0.39 is 6.04 Å². The molecule has 3 N–H and O–H groups in total. The lowest BCUT2D eigenvalue weighted by molar-refractivity contribution is 0.0968. The molecule has 1 aliphatic heterocycles. The standard InChI is InChI=1S/C13H19N3O/c1-10(14)13(17)11-2-4-12(5-3-11)16-8-6-15-7-9-16/h2-5,10,15H,6-9,14H2,1H3. The smallest absolute Gasteiger partial charge is 0.179 e. The Labute approximate surface area is 102 Å². The molecule has 0 amide bonds. The second kappa shape index (κ2) is 5.29. The Balaban J connectivity index is 2.09. The molecule has 0 spiro atoms. The quantitative estimate of drug-likeness (QED) is 0.752. The molecule has 1 aliphatic rings. The highest BCUT2D eigenvalue weighted by molar-refractivity contribution is 5.99. The molecule has 0 saturated carbocycles. The van der Waals surface area contributed by atoms with Crippen LogP contribution in [0.2, 0.25) is 0 Å². The molecule has 1 heterocycles. The van der Waals surface area contributed by atoms with Gasteiger partial charge < -0.3 is 16.0 Å². The summed E-state index contributed by atoms with van der Waals surface area (Å²) in [4.78, 5) is 14.0. The number of nitrogens with two attached hydrogens (primary N) is 1. The maximum Gasteiger partial charge on any atom is 0.179 e. The number of carbonyl (C=O) groups is 1. The Morgan fingerprint density at radius 1 is 1.29 bits per heavy atom. The zero-order valence-electron chi connectivity index (χ0n) is 10.1. The molecule has 1 fully saturated rings. The number of hydrogen-bond donors (Lipinski definition) is 2. The zero-order valence-corrected chi connectivity index (χ0v) is 10.1. The van der Waals surface area contributed by atoms with Crippen LogP contribution in [0.3, 0.4) is 0 Å². The van der Waals surface area contributed by atoms with Crippen LogP contribution in [0.1, 0.15) is 17.3 Å². The van der Waals surface area contributed by atoms with E-state index in [4.69, 9.17) is 5.73 Å². The van der Waals surface area contributed by atoms with Gasteiger partial charge in [0.05, 0.1) is 6.04 Å². The maximum absolute atomic E-state index is 11.7. The molecular formula is C13H19N3O. The van der Waals surface area contributed by atoms with Crippen molar-refractivity contribution in [3.05, 3.63) is 29.8 Å². The Bertz CT molecular complexity index is 380. The van der Waals surface area contributed by atoms with Crippen molar-refractivity contribution in [2.24, 2.45) is 5.73 Å². The van der Waals surface area contributed by atoms with Gasteiger partial charge in [-0.1, -0.05) is 0 Å². The molecule has 0 aromatic heterocycles. The number of ketones is 1. The third kappa shape index (κ3) is 2.84. The molecule has 0 radical (unpaired) electrons. The van der Waals surface area contributed by atoms with Gasteiger partial charge in [0.1, 0.15) is 0 Å². The number of nitrogens with one attached hydrogen (secondary N) is 1. The number of anilines is 1. The number of carbonyl (C=O) groups excluding carboxylic acids is 1. The molecule has 1 saturated heterocycles. The third-order valence-electron chi connectivity index (χ3n) is 3.05. The van der Waals surface area contributed by atoms with Gasteiger partial charge in [0, 0.05) is 37.4 Å². The fourth-order valence-corrected chi connectivity index (χ4v) is 2.02. The molecular weight excluding hydrogens is 214 g/mol. The maximum atomic E-state index is 11.7. The summed E-state index contributed by atoms with van der Waals surface area (Å²) in [5, 5.41) is 3.32. The first-order valence-corrected chi connectivity index (χ1v) is 6.04. The van der Waals surface area contributed by atoms with Gasteiger partial charge in [-0.05, 0) is 31.2 Å². The zero-order chi connectivity index (χ0) is 12.3. The number of Topliss-reactive ketones (excluding diaryl/α,β-unsaturated/α-hetero) is 1. The van der Waals surface area contributed by atoms with E-state index in [1.165, 1.54) is 5.69 Å². The minimum atomic E-state index is -0.431. The van der Waals surface area contributed by atoms with Crippen LogP contribution in [0.15, 0.2) is 24.3 Å². The fraction of sp³-hybridized carbons (Fsp3) is 0.462. The topological polar surface area (TPSA) is 58.4 Å². The number of piperazine rings is 1. The molecule has 4 heteroatoms. The lowest BCUT2D eigenvalue weighted by atomic mass is 10.1. The molecule has 92 valence electrons. The average Bonchev–Trinajstić information content (AvgIpc) is 2.39. The Morgan fingerprint density at radius 3 is 2.41 bits per heavy atom. The highest BCUT2D eigenvalue weighted by Crippen LogP contribution is 2.16. The third-order valence-corrected chi connectivity index (χ3v) is 3.05. The summed E-state index contributed by atoms with van der Waals surface area (Å²) in [6, 6.07) is 7.30. The molecule has 0 aliphatic carbocycles. The lowest BCUT2D eigenvalue weighted by Crippen LogP contribution is -2.43. The van der Waals surface area contributed by atoms with Gasteiger partial charge >= 0.3 is 0 Å². The molecule has 4 nitrogen and oxygen atoms in total. The number of hydrogen-bond acceptors (Lipinski definition) is 4. The summed E-state index contributed by atoms with van der Waals surface area (Å²) >= 11 is 0. The minimum absolute atomic E-state index is 0.00291. The molecule has 0 bridgehead atoms. The second-order valence-corrected chi connectivity index (χ2v) is 4.44. The van der Waals surface area contributed by atoms with Crippen molar-refractivity contribution in [2.45, 2.75) is 13.0 Å². The van der Waals surface area contributed by atoms with Gasteiger partial charge in [-0.25, -0.2) is 0 Å². The van der Waals surface area contributed by atoms with Crippen molar-refractivity contribution in [3.8, 4) is 0 Å². The summed E-state index contributed by atoms with van der Waals surface area (Å²) in [6.45, 7) is 5.77. The molecule has 2 rings (SSSR count). The number of nitrogens with zero attached hydrogens (tertiary/aromatic N) is 1. The lowest BCUT2D eigenvalue weighted by Gasteiger charge is -2.29. The first-order chi connectivity index (χ1) is 8.18. The number of benzene rings is 1. The van der Waals surface area contributed by atoms with E-state index in [0.717, 1.165) is 26.2 Å². The van der Waals surface area contributed by atoms with Crippen LogP contribution in [0, 0.1) is 0 Å². The highest BCUT2D eigenvalue weighted by Gasteiger charge is 2.13. The van der Waals surface area contributed by atoms with Crippen LogP contribution in [-0.2, 0) is 0 Å². The van der Waals surface area contributed by atoms with Crippen molar-refractivity contribution in [1.82, 2.24) is 5.32 Å². The van der Waals surface area contributed by atoms with E-state index in [1.54, 1.807) is 6.92 Å². The Kier molecular flexibility index (Phi) is 3.76. The van der Waals surface area contributed by atoms with Gasteiger partial charge in [-0.3, -0.25) is 4.79 Å². The van der Waals surface area contributed by atoms with Gasteiger partial charge in [-0.15, -0.1) is 0 Å². The fourth-order valence-electron chi connectivity index (χ4n) is 2.02. The van der Waals surface area contributed by atoms with Gasteiger partial charge in [-0.2, -0.15) is 0 Å². The van der Waals surface area contributed by atoms with E-state index in [9.17, 15) is 4.79 Å². The molecule has 1 aromatic rings. The Morgan fingerprint density at radius 2 is 1.88 bits per heavy atom. The van der Waals surface area contributed by atoms with Gasteiger partial charge in [0.25, 0.3) is 0 Å². The summed E-state index contributed by atoms with van der Waals surface area (Å²) in [5.74, 6) is -0.00291. The van der Waals surface area contributed by atoms with Crippen molar-refractivity contribution < 1.29 is 4.79 Å². The average molecular weight is 233 g/mol. The summed E-state index contributed by atoms with van der Waals surface area (Å²) < 4.78 is 0. The van der Waals surface area contributed by atoms with Crippen molar-refractivity contribution in [3.63, 3.8) is 0 Å². The number of rotatable bonds is 3. The predicted molar refractivity (Wildman–Crippen MR) is 69.5 cm³/mol. The van der Waals surface area contributed by atoms with Crippen molar-refractivity contribution in [1.29, 1.82) is 0 Å². The van der Waals surface area contributed by atoms with Crippen molar-refractivity contribution >= 4 is 11.5 Å². The molecule has 1 unspecified atom stereocenters. The highest BCUT2D eigenvalue weighted by atomic mass is 16.1. The Hall–Kier alpha value is -1.39. The monoisotopic (exact) mass is 233 g/mol. The van der Waals surface area contributed by atoms with Crippen molar-refractivity contribution in [2.75, 3.05) is 31.1 Å². The largest absolute Gasteiger partial charge is 0.369 e. The summed E-state index contributed by atoms with van der Waals surface area (Å²) in [7, 11) is 0. The summed E-state index contributed by atoms with van der Waals surface area (Å²) in [5.41, 5.74) is 7.45.